The molecule has 3 N–H and O–H groups in total. The Kier molecular flexibility index (Phi) is 19.6. The highest BCUT2D eigenvalue weighted by Gasteiger charge is 2.35. The fourth-order valence-corrected chi connectivity index (χ4v) is 7.94. The number of benzene rings is 2. The number of carbonyl (C=O) groups excluding carboxylic acids is 3. The maximum Gasteiger partial charge on any atom is 0.407 e. The molecule has 330 valence electrons. The van der Waals surface area contributed by atoms with Crippen molar-refractivity contribution in [3.05, 3.63) is 72.1 Å². The molecule has 60 heavy (non-hydrogen) atoms. The minimum atomic E-state index is -0.735. The van der Waals surface area contributed by atoms with Gasteiger partial charge < -0.3 is 34.6 Å². The molecule has 0 spiro atoms. The highest BCUT2D eigenvalue weighted by Crippen LogP contribution is 2.35. The molecule has 2 aliphatic heterocycles. The summed E-state index contributed by atoms with van der Waals surface area (Å²) in [7, 11) is 3.10. The summed E-state index contributed by atoms with van der Waals surface area (Å²) in [5, 5.41) is 2.73. The Bertz CT molecular complexity index is 1970. The number of carbonyl (C=O) groups is 3. The van der Waals surface area contributed by atoms with Crippen molar-refractivity contribution in [3.8, 4) is 33.6 Å². The van der Waals surface area contributed by atoms with Gasteiger partial charge in [0.1, 0.15) is 17.7 Å². The van der Waals surface area contributed by atoms with E-state index in [0.29, 0.717) is 25.0 Å². The van der Waals surface area contributed by atoms with Gasteiger partial charge in [0.25, 0.3) is 0 Å². The van der Waals surface area contributed by atoms with Crippen LogP contribution in [0.25, 0.3) is 33.6 Å². The van der Waals surface area contributed by atoms with Crippen LogP contribution in [0.5, 0.6) is 0 Å². The second-order valence-corrected chi connectivity index (χ2v) is 16.4. The molecule has 3 amide bonds. The Morgan fingerprint density at radius 2 is 1.42 bits per heavy atom. The number of likely N-dealkylation sites (tertiary alicyclic amines) is 1. The van der Waals surface area contributed by atoms with E-state index in [1.54, 1.807) is 11.9 Å². The van der Waals surface area contributed by atoms with Gasteiger partial charge in [0.15, 0.2) is 0 Å². The van der Waals surface area contributed by atoms with Crippen LogP contribution in [0.3, 0.4) is 0 Å². The molecule has 2 aliphatic rings. The Balaban J connectivity index is 0.00000320. The minimum absolute atomic E-state index is 0. The number of H-pyrrole nitrogens is 2. The van der Waals surface area contributed by atoms with Crippen LogP contribution in [-0.4, -0.2) is 81.0 Å². The number of amides is 3. The van der Waals surface area contributed by atoms with Crippen molar-refractivity contribution in [2.24, 2.45) is 17.8 Å². The van der Waals surface area contributed by atoms with Crippen LogP contribution in [0, 0.1) is 17.8 Å². The van der Waals surface area contributed by atoms with Crippen LogP contribution in [-0.2, 0) is 25.7 Å². The van der Waals surface area contributed by atoms with Gasteiger partial charge in [0, 0.05) is 31.7 Å². The van der Waals surface area contributed by atoms with Crippen molar-refractivity contribution < 1.29 is 23.9 Å². The molecule has 0 radical (unpaired) electrons. The lowest BCUT2D eigenvalue weighted by molar-refractivity contribution is -0.137. The number of ether oxygens (including phenoxy) is 2. The van der Waals surface area contributed by atoms with E-state index < -0.39 is 12.1 Å². The van der Waals surface area contributed by atoms with Crippen LogP contribution in [0.4, 0.5) is 4.79 Å². The third-order valence-corrected chi connectivity index (χ3v) is 11.9. The minimum Gasteiger partial charge on any atom is -0.453 e. The van der Waals surface area contributed by atoms with E-state index in [1.807, 2.05) is 31.9 Å². The van der Waals surface area contributed by atoms with Gasteiger partial charge >= 0.3 is 6.09 Å². The topological polar surface area (TPSA) is 146 Å². The van der Waals surface area contributed by atoms with Crippen LogP contribution in [0.1, 0.15) is 115 Å². The highest BCUT2D eigenvalue weighted by molar-refractivity contribution is 7.59. The number of rotatable bonds is 10. The third kappa shape index (κ3) is 11.9. The number of likely N-dealkylation sites (N-methyl/N-ethyl adjacent to an activating group) is 1. The van der Waals surface area contributed by atoms with E-state index in [1.165, 1.54) is 7.11 Å². The van der Waals surface area contributed by atoms with Crippen molar-refractivity contribution >= 4 is 58.4 Å². The largest absolute Gasteiger partial charge is 0.453 e. The number of nitrogens with one attached hydrogen (secondary N) is 3. The van der Waals surface area contributed by atoms with Crippen molar-refractivity contribution in [3.63, 3.8) is 0 Å². The Labute approximate surface area is 377 Å². The Hall–Kier alpha value is -3.92. The smallest absolute Gasteiger partial charge is 0.407 e. The molecule has 12 nitrogen and oxygen atoms in total. The molecule has 1 fully saturated rings. The van der Waals surface area contributed by atoms with Gasteiger partial charge in [0.2, 0.25) is 11.8 Å². The molecule has 15 heteroatoms. The number of hydrogen-bond donors (Lipinski definition) is 3. The van der Waals surface area contributed by atoms with Crippen LogP contribution in [0.15, 0.2) is 54.7 Å². The van der Waals surface area contributed by atoms with E-state index in [2.05, 4.69) is 77.7 Å². The van der Waals surface area contributed by atoms with Crippen molar-refractivity contribution in [1.82, 2.24) is 35.1 Å². The first kappa shape index (κ1) is 50.4. The van der Waals surface area contributed by atoms with E-state index in [9.17, 15) is 14.4 Å². The van der Waals surface area contributed by atoms with Gasteiger partial charge in [-0.1, -0.05) is 109 Å². The molecule has 2 bridgehead atoms. The number of methoxy groups -OCH3 is 1. The normalized spacial score (nSPS) is 18.1. The molecule has 6 rings (SSSR count). The summed E-state index contributed by atoms with van der Waals surface area (Å²) in [6, 6.07) is 15.8. The van der Waals surface area contributed by atoms with Crippen LogP contribution < -0.4 is 5.32 Å². The number of fused-ring (bicyclic) bond motifs is 2. The summed E-state index contributed by atoms with van der Waals surface area (Å²) < 4.78 is 11.0. The van der Waals surface area contributed by atoms with Gasteiger partial charge in [-0.25, -0.2) is 14.8 Å². The quantitative estimate of drug-likeness (QED) is 0.144. The Morgan fingerprint density at radius 3 is 2.05 bits per heavy atom. The van der Waals surface area contributed by atoms with E-state index in [0.717, 1.165) is 103 Å². The van der Waals surface area contributed by atoms with Crippen molar-refractivity contribution in [2.45, 2.75) is 111 Å². The maximum absolute atomic E-state index is 13.9. The predicted octanol–water partition coefficient (Wildman–Crippen LogP) is 9.18. The first-order chi connectivity index (χ1) is 27.5. The predicted molar refractivity (Wildman–Crippen MR) is 253 cm³/mol. The standard InChI is InChI=1S/C45H61N7O5.3H2S/c1-28(2)30(5)43(53)52-24-13-15-38(52)41-46-26-35(47-41)33-20-16-31(17-21-33)32-18-22-34(23-19-32)40-36-27-57-25-12-10-8-9-11-14-37(42(48-36)49-40)51(6)44(54)39(29(3)4)50-45(55)56-7;;;/h16-23,26,28-30,37-39H,8-15,24-25,27H2,1-7H3,(H,46,47)(H,48,49)(H,50,55);3*1H2/t30-,37?,38-,39-;;;/m0.../s1. The second kappa shape index (κ2) is 23.3. The number of aromatic nitrogens is 4. The molecule has 4 aromatic rings. The SMILES string of the molecule is COC(=O)N[C@H](C(=O)N(C)C1CCCCCCCOCc2[nH]c1nc2-c1ccc(-c2ccc(-c3cnc([C@@H]4CCCN4C(=O)[C@@H](C)C(C)C)[nH]3)cc2)cc1)C(C)C.S.S.S. The van der Waals surface area contributed by atoms with Crippen molar-refractivity contribution in [1.29, 1.82) is 0 Å². The summed E-state index contributed by atoms with van der Waals surface area (Å²) >= 11 is 0. The lowest BCUT2D eigenvalue weighted by atomic mass is 9.96. The number of nitrogens with zero attached hydrogens (tertiary/aromatic N) is 4. The average molecular weight is 882 g/mol. The van der Waals surface area contributed by atoms with Gasteiger partial charge in [-0.3, -0.25) is 9.59 Å². The fourth-order valence-electron chi connectivity index (χ4n) is 7.94. The van der Waals surface area contributed by atoms with Crippen LogP contribution >= 0.6 is 40.5 Å². The molecular weight excluding hydrogens is 815 g/mol. The third-order valence-electron chi connectivity index (χ3n) is 11.9. The first-order valence-electron chi connectivity index (χ1n) is 20.8. The second-order valence-electron chi connectivity index (χ2n) is 16.4. The van der Waals surface area contributed by atoms with E-state index >= 15 is 0 Å². The summed E-state index contributed by atoms with van der Waals surface area (Å²) in [6.07, 6.45) is 9.09. The summed E-state index contributed by atoms with van der Waals surface area (Å²) in [5.41, 5.74) is 6.76. The molecular formula is C45H67N7O5S3. The summed E-state index contributed by atoms with van der Waals surface area (Å²) in [5.74, 6) is 1.72. The van der Waals surface area contributed by atoms with Crippen molar-refractivity contribution in [2.75, 3.05) is 27.3 Å². The van der Waals surface area contributed by atoms with Gasteiger partial charge in [-0.05, 0) is 54.2 Å². The summed E-state index contributed by atoms with van der Waals surface area (Å²) in [4.78, 5) is 60.0. The summed E-state index contributed by atoms with van der Waals surface area (Å²) in [6.45, 7) is 11.9. The highest BCUT2D eigenvalue weighted by atomic mass is 32.1. The van der Waals surface area contributed by atoms with Gasteiger partial charge in [-0.15, -0.1) is 0 Å². The molecule has 4 atom stereocenters. The lowest BCUT2D eigenvalue weighted by Gasteiger charge is -2.32. The number of imidazole rings is 2. The molecule has 4 heterocycles. The lowest BCUT2D eigenvalue weighted by Crippen LogP contribution is -2.51. The molecule has 2 aromatic carbocycles. The van der Waals surface area contributed by atoms with E-state index in [-0.39, 0.29) is 76.2 Å². The molecule has 0 aliphatic carbocycles. The monoisotopic (exact) mass is 881 g/mol. The molecule has 2 aromatic heterocycles. The number of alkyl carbamates (subject to hydrolysis) is 1. The van der Waals surface area contributed by atoms with Crippen LogP contribution in [0.2, 0.25) is 0 Å². The molecule has 1 saturated heterocycles. The zero-order chi connectivity index (χ0) is 40.6. The number of hydrogen-bond acceptors (Lipinski definition) is 7. The zero-order valence-corrected chi connectivity index (χ0v) is 39.3. The Morgan fingerprint density at radius 1 is 0.800 bits per heavy atom. The average Bonchev–Trinajstić information content (AvgIpc) is 4.00. The van der Waals surface area contributed by atoms with E-state index in [4.69, 9.17) is 19.4 Å². The molecule has 0 saturated carbocycles. The van der Waals surface area contributed by atoms with Gasteiger partial charge in [-0.2, -0.15) is 40.5 Å². The van der Waals surface area contributed by atoms with Gasteiger partial charge in [0.05, 0.1) is 49.1 Å². The number of aromatic amines is 2. The zero-order valence-electron chi connectivity index (χ0n) is 36.3. The maximum atomic E-state index is 13.9. The fraction of sp³-hybridized carbons (Fsp3) is 0.533. The molecule has 1 unspecified atom stereocenters. The first-order valence-corrected chi connectivity index (χ1v) is 20.8.